The van der Waals surface area contributed by atoms with E-state index in [1.165, 1.54) is 14.2 Å². The fraction of sp³-hybridized carbons (Fsp3) is 0.286. The van der Waals surface area contributed by atoms with Crippen molar-refractivity contribution in [2.75, 3.05) is 25.7 Å². The molecule has 22 heavy (non-hydrogen) atoms. The van der Waals surface area contributed by atoms with Crippen LogP contribution in [-0.4, -0.2) is 29.4 Å². The van der Waals surface area contributed by atoms with Crippen LogP contribution in [0.5, 0.6) is 5.75 Å². The molecule has 0 fully saturated rings. The van der Waals surface area contributed by atoms with Gasteiger partial charge in [0.15, 0.2) is 0 Å². The molecule has 2 aromatic rings. The number of hydrogen-bond donors (Lipinski definition) is 1. The number of thiophene rings is 1. The lowest BCUT2D eigenvalue weighted by Crippen LogP contribution is -2.13. The zero-order chi connectivity index (χ0) is 16.0. The first-order valence-electron chi connectivity index (χ1n) is 6.36. The maximum Gasteiger partial charge on any atom is 0.271 e. The molecule has 1 aromatic carbocycles. The van der Waals surface area contributed by atoms with E-state index < -0.39 is 10.0 Å². The minimum Gasteiger partial charge on any atom is -0.497 e. The van der Waals surface area contributed by atoms with Crippen LogP contribution in [0.4, 0.5) is 5.69 Å². The molecule has 6 nitrogen and oxygen atoms in total. The lowest BCUT2D eigenvalue weighted by molar-refractivity contribution is -0.0395. The highest BCUT2D eigenvalue weighted by atomic mass is 32.2. The fourth-order valence-corrected chi connectivity index (χ4v) is 4.22. The van der Waals surface area contributed by atoms with Gasteiger partial charge in [0, 0.05) is 18.7 Å². The quantitative estimate of drug-likeness (QED) is 0.589. The van der Waals surface area contributed by atoms with Crippen LogP contribution in [0.1, 0.15) is 5.56 Å². The molecule has 0 aliphatic heterocycles. The lowest BCUT2D eigenvalue weighted by Gasteiger charge is -2.10. The smallest absolute Gasteiger partial charge is 0.271 e. The van der Waals surface area contributed by atoms with Crippen LogP contribution in [0.2, 0.25) is 0 Å². The Morgan fingerprint density at radius 1 is 1.23 bits per heavy atom. The number of ether oxygens (including phenoxy) is 3. The summed E-state index contributed by atoms with van der Waals surface area (Å²) >= 11 is 1.14. The number of rotatable bonds is 8. The molecule has 0 bridgehead atoms. The van der Waals surface area contributed by atoms with E-state index in [1.807, 2.05) is 0 Å². The van der Waals surface area contributed by atoms with Gasteiger partial charge in [-0.05, 0) is 23.6 Å². The van der Waals surface area contributed by atoms with Crippen molar-refractivity contribution in [1.29, 1.82) is 0 Å². The van der Waals surface area contributed by atoms with Gasteiger partial charge in [-0.3, -0.25) is 4.72 Å². The van der Waals surface area contributed by atoms with Gasteiger partial charge in [-0.15, -0.1) is 11.3 Å². The van der Waals surface area contributed by atoms with Crippen molar-refractivity contribution in [3.63, 3.8) is 0 Å². The normalized spacial score (nSPS) is 11.4. The molecule has 2 rings (SSSR count). The third-order valence-electron chi connectivity index (χ3n) is 2.73. The SMILES string of the molecule is COCOCc1ccsc1S(=O)(=O)Nc1cccc(OC)c1. The Hall–Kier alpha value is -1.61. The number of anilines is 1. The first kappa shape index (κ1) is 16.8. The van der Waals surface area contributed by atoms with Crippen LogP contribution >= 0.6 is 11.3 Å². The summed E-state index contributed by atoms with van der Waals surface area (Å²) in [5.41, 5.74) is 1.04. The molecule has 1 N–H and O–H groups in total. The second-order valence-corrected chi connectivity index (χ2v) is 7.12. The average molecular weight is 343 g/mol. The van der Waals surface area contributed by atoms with Crippen LogP contribution in [0.3, 0.4) is 0 Å². The van der Waals surface area contributed by atoms with Crippen molar-refractivity contribution in [2.45, 2.75) is 10.8 Å². The molecule has 0 saturated heterocycles. The van der Waals surface area contributed by atoms with Crippen LogP contribution < -0.4 is 9.46 Å². The van der Waals surface area contributed by atoms with Crippen LogP contribution in [0.25, 0.3) is 0 Å². The number of methoxy groups -OCH3 is 2. The molecule has 0 aliphatic rings. The minimum absolute atomic E-state index is 0.110. The minimum atomic E-state index is -3.67. The first-order valence-corrected chi connectivity index (χ1v) is 8.73. The second kappa shape index (κ2) is 7.59. The van der Waals surface area contributed by atoms with Crippen LogP contribution in [0, 0.1) is 0 Å². The molecule has 0 amide bonds. The molecule has 1 aromatic heterocycles. The van der Waals surface area contributed by atoms with Gasteiger partial charge >= 0.3 is 0 Å². The summed E-state index contributed by atoms with van der Waals surface area (Å²) in [5, 5.41) is 1.71. The molecule has 0 atom stereocenters. The third-order valence-corrected chi connectivity index (χ3v) is 5.68. The Kier molecular flexibility index (Phi) is 5.78. The molecule has 0 aliphatic carbocycles. The highest BCUT2D eigenvalue weighted by Gasteiger charge is 2.20. The van der Waals surface area contributed by atoms with E-state index in [1.54, 1.807) is 35.7 Å². The summed E-state index contributed by atoms with van der Waals surface area (Å²) < 4.78 is 42.8. The summed E-state index contributed by atoms with van der Waals surface area (Å²) in [6.07, 6.45) is 0. The van der Waals surface area contributed by atoms with Crippen LogP contribution in [-0.2, 0) is 26.1 Å². The highest BCUT2D eigenvalue weighted by molar-refractivity contribution is 7.94. The van der Waals surface area contributed by atoms with E-state index in [0.717, 1.165) is 11.3 Å². The van der Waals surface area contributed by atoms with E-state index in [4.69, 9.17) is 14.2 Å². The molecule has 0 spiro atoms. The second-order valence-electron chi connectivity index (χ2n) is 4.33. The van der Waals surface area contributed by atoms with Gasteiger partial charge in [-0.1, -0.05) is 6.07 Å². The van der Waals surface area contributed by atoms with Crippen molar-refractivity contribution in [1.82, 2.24) is 0 Å². The number of benzene rings is 1. The average Bonchev–Trinajstić information content (AvgIpc) is 2.97. The van der Waals surface area contributed by atoms with E-state index >= 15 is 0 Å². The fourth-order valence-electron chi connectivity index (χ4n) is 1.79. The molecule has 1 heterocycles. The maximum atomic E-state index is 12.5. The molecule has 0 radical (unpaired) electrons. The van der Waals surface area contributed by atoms with Gasteiger partial charge in [0.05, 0.1) is 19.4 Å². The first-order chi connectivity index (χ1) is 10.6. The molecular formula is C14H17NO5S2. The van der Waals surface area contributed by atoms with Crippen molar-refractivity contribution in [3.8, 4) is 5.75 Å². The third kappa shape index (κ3) is 4.20. The largest absolute Gasteiger partial charge is 0.497 e. The Bertz CT molecular complexity index is 712. The summed E-state index contributed by atoms with van der Waals surface area (Å²) in [6, 6.07) is 8.46. The van der Waals surface area contributed by atoms with Crippen molar-refractivity contribution >= 4 is 27.0 Å². The van der Waals surface area contributed by atoms with E-state index in [9.17, 15) is 8.42 Å². The Morgan fingerprint density at radius 2 is 2.05 bits per heavy atom. The topological polar surface area (TPSA) is 73.9 Å². The van der Waals surface area contributed by atoms with E-state index in [0.29, 0.717) is 17.0 Å². The van der Waals surface area contributed by atoms with Gasteiger partial charge < -0.3 is 14.2 Å². The summed E-state index contributed by atoms with van der Waals surface area (Å²) in [7, 11) is -0.635. The monoisotopic (exact) mass is 343 g/mol. The predicted octanol–water partition coefficient (Wildman–Crippen LogP) is 2.68. The summed E-state index contributed by atoms with van der Waals surface area (Å²) in [6.45, 7) is 0.282. The molecule has 0 saturated carbocycles. The number of sulfonamides is 1. The number of hydrogen-bond acceptors (Lipinski definition) is 6. The molecule has 0 unspecified atom stereocenters. The van der Waals surface area contributed by atoms with Crippen LogP contribution in [0.15, 0.2) is 39.9 Å². The molecule has 120 valence electrons. The Morgan fingerprint density at radius 3 is 2.77 bits per heavy atom. The van der Waals surface area contributed by atoms with Crippen molar-refractivity contribution < 1.29 is 22.6 Å². The van der Waals surface area contributed by atoms with Gasteiger partial charge in [-0.25, -0.2) is 8.42 Å². The summed E-state index contributed by atoms with van der Waals surface area (Å²) in [4.78, 5) is 0. The van der Waals surface area contributed by atoms with E-state index in [-0.39, 0.29) is 17.6 Å². The lowest BCUT2D eigenvalue weighted by atomic mass is 10.3. The van der Waals surface area contributed by atoms with Crippen molar-refractivity contribution in [2.24, 2.45) is 0 Å². The maximum absolute atomic E-state index is 12.5. The van der Waals surface area contributed by atoms with Gasteiger partial charge in [0.2, 0.25) is 0 Å². The standard InChI is InChI=1S/C14H17NO5S2/c1-18-10-20-9-11-6-7-21-14(11)22(16,17)15-12-4-3-5-13(8-12)19-2/h3-8,15H,9-10H2,1-2H3. The molecular weight excluding hydrogens is 326 g/mol. The summed E-state index contributed by atoms with van der Waals surface area (Å²) in [5.74, 6) is 0.579. The Labute approximate surface area is 133 Å². The zero-order valence-corrected chi connectivity index (χ0v) is 13.9. The zero-order valence-electron chi connectivity index (χ0n) is 12.2. The Balaban J connectivity index is 2.18. The van der Waals surface area contributed by atoms with E-state index in [2.05, 4.69) is 4.72 Å². The van der Waals surface area contributed by atoms with Gasteiger partial charge in [0.1, 0.15) is 16.8 Å². The predicted molar refractivity (Wildman–Crippen MR) is 84.8 cm³/mol. The highest BCUT2D eigenvalue weighted by Crippen LogP contribution is 2.27. The van der Waals surface area contributed by atoms with Gasteiger partial charge in [0.25, 0.3) is 10.0 Å². The number of nitrogens with one attached hydrogen (secondary N) is 1. The molecule has 8 heteroatoms. The van der Waals surface area contributed by atoms with Gasteiger partial charge in [-0.2, -0.15) is 0 Å². The van der Waals surface area contributed by atoms with Crippen molar-refractivity contribution in [3.05, 3.63) is 41.3 Å².